The number of carbonyl (C=O) groups excluding carboxylic acids is 1. The number of amides is 1. The fourth-order valence-corrected chi connectivity index (χ4v) is 4.80. The molecule has 1 heterocycles. The van der Waals surface area contributed by atoms with Crippen LogP contribution in [0.15, 0.2) is 29.3 Å². The quantitative estimate of drug-likeness (QED) is 0.638. The van der Waals surface area contributed by atoms with E-state index in [9.17, 15) is 15.0 Å². The standard InChI is InChI=1S/C17H20ClN3O3S/c18-8-1-3-10(4-2-8)20-17-21-13-14(23)12(22)7-11(15(13)25-17)16(24)19-9-5-6-9/h1-4,9,11-15,22-23H,5-7H2,(H,19,24)(H,20,21)/t11-,12+,13+,14-,15+/m0/s1. The highest BCUT2D eigenvalue weighted by atomic mass is 35.5. The number of carbonyl (C=O) groups is 1. The normalized spacial score (nSPS) is 34.2. The van der Waals surface area contributed by atoms with Crippen LogP contribution in [0.5, 0.6) is 0 Å². The molecule has 0 unspecified atom stereocenters. The molecule has 8 heteroatoms. The van der Waals surface area contributed by atoms with Crippen LogP contribution in [0, 0.1) is 5.92 Å². The Balaban J connectivity index is 1.49. The number of nitrogens with zero attached hydrogens (tertiary/aromatic N) is 1. The number of rotatable bonds is 3. The number of anilines is 1. The number of hydrogen-bond acceptors (Lipinski definition) is 6. The maximum absolute atomic E-state index is 12.5. The van der Waals surface area contributed by atoms with Gasteiger partial charge < -0.3 is 20.8 Å². The summed E-state index contributed by atoms with van der Waals surface area (Å²) in [5, 5.41) is 27.8. The molecule has 1 aromatic rings. The predicted octanol–water partition coefficient (Wildman–Crippen LogP) is 1.61. The molecule has 0 aromatic heterocycles. The Labute approximate surface area is 155 Å². The smallest absolute Gasteiger partial charge is 0.224 e. The SMILES string of the molecule is O=C(NC1CC1)[C@H]1C[C@@H](O)[C@H](O)[C@H]2N=C(Nc3ccc(Cl)cc3)S[C@@H]21. The summed E-state index contributed by atoms with van der Waals surface area (Å²) in [6.45, 7) is 0. The van der Waals surface area contributed by atoms with Crippen LogP contribution in [0.4, 0.5) is 5.69 Å². The lowest BCUT2D eigenvalue weighted by Gasteiger charge is -2.37. The van der Waals surface area contributed by atoms with Gasteiger partial charge in [0, 0.05) is 22.0 Å². The van der Waals surface area contributed by atoms with Gasteiger partial charge in [-0.1, -0.05) is 23.4 Å². The van der Waals surface area contributed by atoms with Crippen molar-refractivity contribution in [1.82, 2.24) is 5.32 Å². The third-order valence-corrected chi connectivity index (χ3v) is 6.41. The highest BCUT2D eigenvalue weighted by molar-refractivity contribution is 8.15. The van der Waals surface area contributed by atoms with Crippen LogP contribution in [0.3, 0.4) is 0 Å². The molecule has 0 radical (unpaired) electrons. The molecule has 0 bridgehead atoms. The molecule has 5 atom stereocenters. The monoisotopic (exact) mass is 381 g/mol. The first kappa shape index (κ1) is 17.1. The largest absolute Gasteiger partial charge is 0.390 e. The van der Waals surface area contributed by atoms with E-state index < -0.39 is 18.2 Å². The second-order valence-electron chi connectivity index (χ2n) is 6.82. The Hall–Kier alpha value is -1.28. The van der Waals surface area contributed by atoms with Crippen molar-refractivity contribution in [2.24, 2.45) is 10.9 Å². The van der Waals surface area contributed by atoms with Crippen LogP contribution in [-0.4, -0.2) is 50.8 Å². The van der Waals surface area contributed by atoms with Crippen molar-refractivity contribution in [2.45, 2.75) is 48.8 Å². The molecule has 2 fully saturated rings. The van der Waals surface area contributed by atoms with Gasteiger partial charge in [-0.25, -0.2) is 0 Å². The van der Waals surface area contributed by atoms with Gasteiger partial charge in [0.05, 0.1) is 18.1 Å². The van der Waals surface area contributed by atoms with E-state index in [1.807, 2.05) is 12.1 Å². The zero-order valence-corrected chi connectivity index (χ0v) is 15.0. The van der Waals surface area contributed by atoms with Gasteiger partial charge in [-0.3, -0.25) is 9.79 Å². The number of thioether (sulfide) groups is 1. The van der Waals surface area contributed by atoms with Gasteiger partial charge in [-0.2, -0.15) is 0 Å². The molecule has 6 nitrogen and oxygen atoms in total. The number of nitrogens with one attached hydrogen (secondary N) is 2. The number of aliphatic hydroxyl groups is 2. The van der Waals surface area contributed by atoms with Gasteiger partial charge in [-0.05, 0) is 43.5 Å². The van der Waals surface area contributed by atoms with E-state index in [-0.39, 0.29) is 29.5 Å². The number of amidine groups is 1. The second-order valence-corrected chi connectivity index (χ2v) is 8.43. The van der Waals surface area contributed by atoms with Crippen LogP contribution in [-0.2, 0) is 4.79 Å². The van der Waals surface area contributed by atoms with E-state index in [1.54, 1.807) is 12.1 Å². The number of benzene rings is 1. The first-order chi connectivity index (χ1) is 12.0. The van der Waals surface area contributed by atoms with Crippen LogP contribution in [0.25, 0.3) is 0 Å². The number of aliphatic hydroxyl groups excluding tert-OH is 2. The van der Waals surface area contributed by atoms with E-state index in [4.69, 9.17) is 11.6 Å². The van der Waals surface area contributed by atoms with Crippen molar-refractivity contribution in [1.29, 1.82) is 0 Å². The minimum Gasteiger partial charge on any atom is -0.390 e. The molecular weight excluding hydrogens is 362 g/mol. The highest BCUT2D eigenvalue weighted by Gasteiger charge is 2.50. The maximum Gasteiger partial charge on any atom is 0.224 e. The predicted molar refractivity (Wildman–Crippen MR) is 99.0 cm³/mol. The summed E-state index contributed by atoms with van der Waals surface area (Å²) in [5.74, 6) is -0.402. The van der Waals surface area contributed by atoms with Gasteiger partial charge in [0.15, 0.2) is 5.17 Å². The number of fused-ring (bicyclic) bond motifs is 1. The topological polar surface area (TPSA) is 94.0 Å². The number of aliphatic imine (C=N–C) groups is 1. The molecule has 0 spiro atoms. The van der Waals surface area contributed by atoms with Gasteiger partial charge in [0.1, 0.15) is 6.10 Å². The Bertz CT molecular complexity index is 695. The number of halogens is 1. The minimum atomic E-state index is -0.952. The first-order valence-corrected chi connectivity index (χ1v) is 9.70. The summed E-state index contributed by atoms with van der Waals surface area (Å²) in [6.07, 6.45) is 0.412. The van der Waals surface area contributed by atoms with E-state index in [1.165, 1.54) is 11.8 Å². The average molecular weight is 382 g/mol. The number of hydrogen-bond donors (Lipinski definition) is 4. The molecule has 1 amide bonds. The highest BCUT2D eigenvalue weighted by Crippen LogP contribution is 2.41. The molecule has 4 N–H and O–H groups in total. The molecule has 0 saturated heterocycles. The zero-order valence-electron chi connectivity index (χ0n) is 13.4. The summed E-state index contributed by atoms with van der Waals surface area (Å²) in [5.41, 5.74) is 0.836. The van der Waals surface area contributed by atoms with Crippen LogP contribution >= 0.6 is 23.4 Å². The fraction of sp³-hybridized carbons (Fsp3) is 0.529. The lowest BCUT2D eigenvalue weighted by molar-refractivity contribution is -0.129. The molecular formula is C17H20ClN3O3S. The Morgan fingerprint density at radius 1 is 1.24 bits per heavy atom. The first-order valence-electron chi connectivity index (χ1n) is 8.45. The summed E-state index contributed by atoms with van der Waals surface area (Å²) in [4.78, 5) is 17.1. The summed E-state index contributed by atoms with van der Waals surface area (Å²) in [6, 6.07) is 7.03. The molecule has 1 aromatic carbocycles. The van der Waals surface area contributed by atoms with Crippen molar-refractivity contribution in [3.8, 4) is 0 Å². The molecule has 3 aliphatic rings. The molecule has 25 heavy (non-hydrogen) atoms. The molecule has 2 saturated carbocycles. The van der Waals surface area contributed by atoms with E-state index >= 15 is 0 Å². The zero-order chi connectivity index (χ0) is 17.6. The summed E-state index contributed by atoms with van der Waals surface area (Å²) >= 11 is 7.35. The average Bonchev–Trinajstić information content (AvgIpc) is 3.30. The van der Waals surface area contributed by atoms with E-state index in [0.29, 0.717) is 10.2 Å². The third-order valence-electron chi connectivity index (χ3n) is 4.84. The maximum atomic E-state index is 12.5. The Morgan fingerprint density at radius 2 is 1.96 bits per heavy atom. The Kier molecular flexibility index (Phi) is 4.66. The minimum absolute atomic E-state index is 0.0427. The molecule has 134 valence electrons. The second kappa shape index (κ2) is 6.79. The van der Waals surface area contributed by atoms with Gasteiger partial charge in [0.25, 0.3) is 0 Å². The lowest BCUT2D eigenvalue weighted by atomic mass is 9.81. The molecule has 2 aliphatic carbocycles. The van der Waals surface area contributed by atoms with Crippen molar-refractivity contribution in [3.05, 3.63) is 29.3 Å². The summed E-state index contributed by atoms with van der Waals surface area (Å²) < 4.78 is 0. The van der Waals surface area contributed by atoms with Crippen molar-refractivity contribution in [2.75, 3.05) is 5.32 Å². The van der Waals surface area contributed by atoms with Crippen molar-refractivity contribution < 1.29 is 15.0 Å². The van der Waals surface area contributed by atoms with Gasteiger partial charge in [-0.15, -0.1) is 0 Å². The third kappa shape index (κ3) is 3.65. The van der Waals surface area contributed by atoms with E-state index in [0.717, 1.165) is 18.5 Å². The lowest BCUT2D eigenvalue weighted by Crippen LogP contribution is -2.54. The van der Waals surface area contributed by atoms with Crippen LogP contribution in [0.1, 0.15) is 19.3 Å². The fourth-order valence-electron chi connectivity index (χ4n) is 3.30. The van der Waals surface area contributed by atoms with Gasteiger partial charge >= 0.3 is 0 Å². The van der Waals surface area contributed by atoms with Gasteiger partial charge in [0.2, 0.25) is 5.91 Å². The van der Waals surface area contributed by atoms with Crippen molar-refractivity contribution >= 4 is 40.1 Å². The molecule has 1 aliphatic heterocycles. The van der Waals surface area contributed by atoms with Crippen LogP contribution < -0.4 is 10.6 Å². The van der Waals surface area contributed by atoms with Crippen molar-refractivity contribution in [3.63, 3.8) is 0 Å². The summed E-state index contributed by atoms with van der Waals surface area (Å²) in [7, 11) is 0. The molecule has 4 rings (SSSR count). The Morgan fingerprint density at radius 3 is 2.64 bits per heavy atom. The van der Waals surface area contributed by atoms with E-state index in [2.05, 4.69) is 15.6 Å². The van der Waals surface area contributed by atoms with Crippen LogP contribution in [0.2, 0.25) is 5.02 Å².